The molecule has 5 heteroatoms. The first-order chi connectivity index (χ1) is 8.43. The number of ether oxygens (including phenoxy) is 1. The van der Waals surface area contributed by atoms with E-state index in [2.05, 4.69) is 0 Å². The number of hydrogen-bond donors (Lipinski definition) is 1. The molecular weight excluding hydrogens is 257 g/mol. The third-order valence-corrected chi connectivity index (χ3v) is 3.79. The second-order valence-corrected chi connectivity index (χ2v) is 5.29. The Morgan fingerprint density at radius 1 is 1.67 bits per heavy atom. The molecule has 0 amide bonds. The van der Waals surface area contributed by atoms with E-state index in [0.29, 0.717) is 18.8 Å². The van der Waals surface area contributed by atoms with E-state index in [0.717, 1.165) is 0 Å². The maximum atomic E-state index is 13.0. The lowest BCUT2D eigenvalue weighted by Crippen LogP contribution is -2.45. The minimum Gasteiger partial charge on any atom is -0.379 e. The van der Waals surface area contributed by atoms with Gasteiger partial charge >= 0.3 is 0 Å². The van der Waals surface area contributed by atoms with Gasteiger partial charge in [-0.15, -0.1) is 0 Å². The zero-order chi connectivity index (χ0) is 13.3. The van der Waals surface area contributed by atoms with Crippen molar-refractivity contribution in [3.63, 3.8) is 0 Å². The number of carbonyl (C=O) groups excluding carboxylic acids is 1. The van der Waals surface area contributed by atoms with Gasteiger partial charge in [0, 0.05) is 12.5 Å². The van der Waals surface area contributed by atoms with E-state index in [-0.39, 0.29) is 23.3 Å². The molecule has 0 aliphatic carbocycles. The summed E-state index contributed by atoms with van der Waals surface area (Å²) in [5.74, 6) is -0.491. The second kappa shape index (κ2) is 4.96. The Kier molecular flexibility index (Phi) is 3.71. The maximum absolute atomic E-state index is 13.0. The van der Waals surface area contributed by atoms with Crippen molar-refractivity contribution < 1.29 is 13.9 Å². The molecule has 0 saturated carbocycles. The van der Waals surface area contributed by atoms with Crippen LogP contribution in [0.1, 0.15) is 12.5 Å². The molecule has 1 aliphatic heterocycles. The minimum atomic E-state index is -0.666. The van der Waals surface area contributed by atoms with Gasteiger partial charge in [0.2, 0.25) is 0 Å². The summed E-state index contributed by atoms with van der Waals surface area (Å²) in [4.78, 5) is 12.2. The highest BCUT2D eigenvalue weighted by Gasteiger charge is 2.43. The molecule has 0 radical (unpaired) electrons. The highest BCUT2D eigenvalue weighted by atomic mass is 35.5. The van der Waals surface area contributed by atoms with Gasteiger partial charge in [0.1, 0.15) is 11.6 Å². The molecule has 0 bridgehead atoms. The van der Waals surface area contributed by atoms with Gasteiger partial charge in [-0.1, -0.05) is 17.7 Å². The molecule has 1 saturated heterocycles. The van der Waals surface area contributed by atoms with Crippen LogP contribution in [0.2, 0.25) is 5.02 Å². The number of Topliss-reactive ketones (excluding diaryl/α,β-unsaturated/α-hetero) is 1. The summed E-state index contributed by atoms with van der Waals surface area (Å²) < 4.78 is 18.3. The summed E-state index contributed by atoms with van der Waals surface area (Å²) in [6.07, 6.45) is 0.188. The quantitative estimate of drug-likeness (QED) is 0.914. The van der Waals surface area contributed by atoms with E-state index in [1.807, 2.05) is 0 Å². The first-order valence-corrected chi connectivity index (χ1v) is 6.12. The van der Waals surface area contributed by atoms with Crippen LogP contribution in [0.5, 0.6) is 0 Å². The summed E-state index contributed by atoms with van der Waals surface area (Å²) >= 11 is 5.68. The van der Waals surface area contributed by atoms with Crippen LogP contribution < -0.4 is 5.73 Å². The largest absolute Gasteiger partial charge is 0.379 e. The third-order valence-electron chi connectivity index (χ3n) is 3.50. The molecule has 98 valence electrons. The SMILES string of the molecule is CC1(C(=O)Cc2ccc(F)c(Cl)c2)COCC1N. The molecule has 1 aromatic carbocycles. The first kappa shape index (κ1) is 13.5. The van der Waals surface area contributed by atoms with E-state index >= 15 is 0 Å². The van der Waals surface area contributed by atoms with Crippen molar-refractivity contribution in [2.45, 2.75) is 19.4 Å². The molecule has 18 heavy (non-hydrogen) atoms. The summed E-state index contributed by atoms with van der Waals surface area (Å²) in [6.45, 7) is 2.53. The Labute approximate surface area is 110 Å². The predicted octanol–water partition coefficient (Wildman–Crippen LogP) is 1.95. The Morgan fingerprint density at radius 2 is 2.39 bits per heavy atom. The molecule has 0 spiro atoms. The number of carbonyl (C=O) groups is 1. The van der Waals surface area contributed by atoms with Gasteiger partial charge in [0.15, 0.2) is 0 Å². The van der Waals surface area contributed by atoms with E-state index in [9.17, 15) is 9.18 Å². The summed E-state index contributed by atoms with van der Waals surface area (Å²) in [7, 11) is 0. The van der Waals surface area contributed by atoms with Gasteiger partial charge in [-0.3, -0.25) is 4.79 Å². The van der Waals surface area contributed by atoms with Gasteiger partial charge in [-0.25, -0.2) is 4.39 Å². The molecule has 1 fully saturated rings. The molecule has 1 aliphatic rings. The average molecular weight is 272 g/mol. The minimum absolute atomic E-state index is 0.00447. The topological polar surface area (TPSA) is 52.3 Å². The zero-order valence-electron chi connectivity index (χ0n) is 10.1. The molecule has 1 aromatic rings. The lowest BCUT2D eigenvalue weighted by molar-refractivity contribution is -0.127. The van der Waals surface area contributed by atoms with Crippen LogP contribution in [-0.4, -0.2) is 25.0 Å². The maximum Gasteiger partial charge on any atom is 0.147 e. The number of nitrogens with two attached hydrogens (primary N) is 1. The fourth-order valence-corrected chi connectivity index (χ4v) is 2.22. The Morgan fingerprint density at radius 3 is 2.94 bits per heavy atom. The van der Waals surface area contributed by atoms with E-state index in [1.54, 1.807) is 13.0 Å². The molecule has 2 unspecified atom stereocenters. The van der Waals surface area contributed by atoms with Crippen molar-refractivity contribution in [1.82, 2.24) is 0 Å². The monoisotopic (exact) mass is 271 g/mol. The van der Waals surface area contributed by atoms with Gasteiger partial charge in [0.05, 0.1) is 23.7 Å². The van der Waals surface area contributed by atoms with Crippen LogP contribution in [0, 0.1) is 11.2 Å². The number of ketones is 1. The van der Waals surface area contributed by atoms with Gasteiger partial charge < -0.3 is 10.5 Å². The van der Waals surface area contributed by atoms with E-state index in [1.165, 1.54) is 12.1 Å². The molecule has 2 rings (SSSR count). The third kappa shape index (κ3) is 2.41. The van der Waals surface area contributed by atoms with Crippen LogP contribution in [0.25, 0.3) is 0 Å². The molecule has 2 atom stereocenters. The van der Waals surface area contributed by atoms with Gasteiger partial charge in [0.25, 0.3) is 0 Å². The van der Waals surface area contributed by atoms with Crippen molar-refractivity contribution in [1.29, 1.82) is 0 Å². The first-order valence-electron chi connectivity index (χ1n) is 5.74. The smallest absolute Gasteiger partial charge is 0.147 e. The van der Waals surface area contributed by atoms with Gasteiger partial charge in [-0.05, 0) is 24.6 Å². The predicted molar refractivity (Wildman–Crippen MR) is 67.0 cm³/mol. The van der Waals surface area contributed by atoms with Crippen LogP contribution in [0.3, 0.4) is 0 Å². The summed E-state index contributed by atoms with van der Waals surface area (Å²) in [5.41, 5.74) is 5.91. The molecule has 1 heterocycles. The van der Waals surface area contributed by atoms with Crippen molar-refractivity contribution in [3.05, 3.63) is 34.6 Å². The summed E-state index contributed by atoms with van der Waals surface area (Å²) in [5, 5.41) is 0.0254. The van der Waals surface area contributed by atoms with Crippen molar-refractivity contribution in [2.75, 3.05) is 13.2 Å². The Balaban J connectivity index is 2.14. The average Bonchev–Trinajstić information content (AvgIpc) is 2.66. The van der Waals surface area contributed by atoms with Crippen molar-refractivity contribution >= 4 is 17.4 Å². The summed E-state index contributed by atoms with van der Waals surface area (Å²) in [6, 6.07) is 4.00. The van der Waals surface area contributed by atoms with Crippen LogP contribution in [-0.2, 0) is 16.0 Å². The standard InChI is InChI=1S/C13H15ClFNO2/c1-13(7-18-6-11(13)16)12(17)5-8-2-3-10(15)9(14)4-8/h2-4,11H,5-7,16H2,1H3. The molecule has 2 N–H and O–H groups in total. The highest BCUT2D eigenvalue weighted by Crippen LogP contribution is 2.30. The lowest BCUT2D eigenvalue weighted by atomic mass is 9.79. The fourth-order valence-electron chi connectivity index (χ4n) is 2.01. The van der Waals surface area contributed by atoms with Crippen LogP contribution in [0.15, 0.2) is 18.2 Å². The van der Waals surface area contributed by atoms with Crippen molar-refractivity contribution in [2.24, 2.45) is 11.1 Å². The lowest BCUT2D eigenvalue weighted by Gasteiger charge is -2.25. The van der Waals surface area contributed by atoms with Gasteiger partial charge in [-0.2, -0.15) is 0 Å². The number of hydrogen-bond acceptors (Lipinski definition) is 3. The second-order valence-electron chi connectivity index (χ2n) is 4.89. The highest BCUT2D eigenvalue weighted by molar-refractivity contribution is 6.30. The van der Waals surface area contributed by atoms with Crippen molar-refractivity contribution in [3.8, 4) is 0 Å². The molecule has 3 nitrogen and oxygen atoms in total. The Bertz CT molecular complexity index is 480. The molecular formula is C13H15ClFNO2. The number of benzene rings is 1. The normalized spacial score (nSPS) is 27.4. The zero-order valence-corrected chi connectivity index (χ0v) is 10.8. The van der Waals surface area contributed by atoms with Crippen LogP contribution >= 0.6 is 11.6 Å². The van der Waals surface area contributed by atoms with E-state index in [4.69, 9.17) is 22.1 Å². The molecule has 0 aromatic heterocycles. The fraction of sp³-hybridized carbons (Fsp3) is 0.462. The van der Waals surface area contributed by atoms with E-state index < -0.39 is 11.2 Å². The number of rotatable bonds is 3. The Hall–Kier alpha value is -0.970. The number of halogens is 2. The van der Waals surface area contributed by atoms with Crippen LogP contribution in [0.4, 0.5) is 4.39 Å².